The molecule has 2 N–H and O–H groups in total. The zero-order valence-electron chi connectivity index (χ0n) is 16.7. The van der Waals surface area contributed by atoms with Crippen molar-refractivity contribution in [3.63, 3.8) is 0 Å². The number of nitrogens with one attached hydrogen (secondary N) is 2. The third-order valence-electron chi connectivity index (χ3n) is 4.39. The zero-order chi connectivity index (χ0) is 22.1. The minimum absolute atomic E-state index is 0.155. The second-order valence-corrected chi connectivity index (χ2v) is 10.5. The predicted molar refractivity (Wildman–Crippen MR) is 124 cm³/mol. The molecule has 164 valence electrons. The lowest BCUT2D eigenvalue weighted by molar-refractivity contribution is -0.122. The molecule has 0 aliphatic heterocycles. The number of hydrogen-bond donors (Lipinski definition) is 2. The van der Waals surface area contributed by atoms with Gasteiger partial charge >= 0.3 is 0 Å². The van der Waals surface area contributed by atoms with Crippen molar-refractivity contribution in [2.24, 2.45) is 0 Å². The first-order valence-corrected chi connectivity index (χ1v) is 13.2. The Kier molecular flexibility index (Phi) is 8.65. The highest BCUT2D eigenvalue weighted by Crippen LogP contribution is 2.17. The fourth-order valence-corrected chi connectivity index (χ4v) is 5.86. The maximum absolute atomic E-state index is 14.0. The maximum atomic E-state index is 14.0. The van der Waals surface area contributed by atoms with Crippen LogP contribution in [0.4, 0.5) is 4.39 Å². The summed E-state index contributed by atoms with van der Waals surface area (Å²) in [6.07, 6.45) is 0.155. The molecule has 0 spiro atoms. The van der Waals surface area contributed by atoms with Crippen molar-refractivity contribution in [2.75, 3.05) is 12.3 Å². The van der Waals surface area contributed by atoms with Gasteiger partial charge in [-0.1, -0.05) is 48.5 Å². The molecule has 1 heterocycles. The number of hydrogen-bond acceptors (Lipinski definition) is 5. The minimum Gasteiger partial charge on any atom is -0.354 e. The van der Waals surface area contributed by atoms with E-state index in [0.717, 1.165) is 17.4 Å². The highest BCUT2D eigenvalue weighted by atomic mass is 32.2. The molecule has 5 nitrogen and oxygen atoms in total. The number of thiophene rings is 1. The molecule has 3 rings (SSSR count). The third-order valence-corrected chi connectivity index (χ3v) is 7.96. The predicted octanol–water partition coefficient (Wildman–Crippen LogP) is 3.83. The molecule has 31 heavy (non-hydrogen) atoms. The standard InChI is InChI=1S/C22H23FN2O3S3/c23-19-10-4-5-11-21(19)31(27,28)25-20(15-17-7-2-1-3-8-17)22(26)24-12-14-29-16-18-9-6-13-30-18/h1-11,13,20,25H,12,14-16H2,(H,24,26). The van der Waals surface area contributed by atoms with E-state index in [1.54, 1.807) is 23.1 Å². The Bertz CT molecular complexity index is 1070. The van der Waals surface area contributed by atoms with E-state index in [0.29, 0.717) is 12.3 Å². The average Bonchev–Trinajstić information content (AvgIpc) is 3.27. The molecule has 1 amide bonds. The number of halogens is 1. The van der Waals surface area contributed by atoms with E-state index >= 15 is 0 Å². The monoisotopic (exact) mass is 478 g/mol. The lowest BCUT2D eigenvalue weighted by Gasteiger charge is -2.19. The number of rotatable bonds is 11. The Hall–Kier alpha value is -2.20. The van der Waals surface area contributed by atoms with Gasteiger partial charge in [-0.3, -0.25) is 4.79 Å². The quantitative estimate of drug-likeness (QED) is 0.411. The van der Waals surface area contributed by atoms with E-state index in [9.17, 15) is 17.6 Å². The Morgan fingerprint density at radius 3 is 2.48 bits per heavy atom. The fraction of sp³-hybridized carbons (Fsp3) is 0.227. The van der Waals surface area contributed by atoms with Gasteiger partial charge in [0.2, 0.25) is 15.9 Å². The molecule has 2 aromatic carbocycles. The highest BCUT2D eigenvalue weighted by Gasteiger charge is 2.27. The molecule has 0 radical (unpaired) electrons. The Labute approximate surface area is 190 Å². The fourth-order valence-electron chi connectivity index (χ4n) is 2.89. The molecule has 0 fully saturated rings. The summed E-state index contributed by atoms with van der Waals surface area (Å²) in [7, 11) is -4.21. The van der Waals surface area contributed by atoms with Crippen molar-refractivity contribution >= 4 is 39.0 Å². The molecule has 0 bridgehead atoms. The summed E-state index contributed by atoms with van der Waals surface area (Å²) in [5, 5.41) is 4.82. The topological polar surface area (TPSA) is 75.3 Å². The molecule has 1 atom stereocenters. The number of sulfonamides is 1. The lowest BCUT2D eigenvalue weighted by atomic mass is 10.1. The van der Waals surface area contributed by atoms with E-state index in [2.05, 4.69) is 16.1 Å². The summed E-state index contributed by atoms with van der Waals surface area (Å²) in [5.74, 6) is 0.252. The molecule has 0 aliphatic rings. The molecule has 9 heteroatoms. The van der Waals surface area contributed by atoms with Gasteiger partial charge in [-0.2, -0.15) is 16.5 Å². The van der Waals surface area contributed by atoms with E-state index in [1.165, 1.54) is 23.1 Å². The maximum Gasteiger partial charge on any atom is 0.244 e. The van der Waals surface area contributed by atoms with Crippen LogP contribution in [0.1, 0.15) is 10.4 Å². The van der Waals surface area contributed by atoms with E-state index in [1.807, 2.05) is 41.8 Å². The smallest absolute Gasteiger partial charge is 0.244 e. The van der Waals surface area contributed by atoms with E-state index in [-0.39, 0.29) is 6.42 Å². The van der Waals surface area contributed by atoms with Crippen LogP contribution < -0.4 is 10.0 Å². The van der Waals surface area contributed by atoms with Gasteiger partial charge in [0.1, 0.15) is 16.8 Å². The first-order valence-electron chi connectivity index (χ1n) is 9.64. The first-order chi connectivity index (χ1) is 15.0. The van der Waals surface area contributed by atoms with Crippen LogP contribution in [0.5, 0.6) is 0 Å². The van der Waals surface area contributed by atoms with Crippen molar-refractivity contribution in [1.29, 1.82) is 0 Å². The summed E-state index contributed by atoms with van der Waals surface area (Å²) >= 11 is 3.37. The van der Waals surface area contributed by atoms with Crippen molar-refractivity contribution in [3.8, 4) is 0 Å². The van der Waals surface area contributed by atoms with Gasteiger partial charge in [0, 0.05) is 22.9 Å². The minimum atomic E-state index is -4.21. The van der Waals surface area contributed by atoms with Crippen molar-refractivity contribution in [3.05, 3.63) is 88.4 Å². The SMILES string of the molecule is O=C(NCCSCc1cccs1)C(Cc1ccccc1)NS(=O)(=O)c1ccccc1F. The van der Waals surface area contributed by atoms with Gasteiger partial charge in [0.05, 0.1) is 0 Å². The molecular formula is C22H23FN2O3S3. The molecule has 0 saturated heterocycles. The van der Waals surface area contributed by atoms with Crippen LogP contribution in [0.15, 0.2) is 77.0 Å². The second-order valence-electron chi connectivity index (χ2n) is 6.72. The summed E-state index contributed by atoms with van der Waals surface area (Å²) in [4.78, 5) is 13.6. The van der Waals surface area contributed by atoms with Crippen molar-refractivity contribution in [2.45, 2.75) is 23.1 Å². The lowest BCUT2D eigenvalue weighted by Crippen LogP contribution is -2.48. The van der Waals surface area contributed by atoms with Gasteiger partial charge in [0.25, 0.3) is 0 Å². The van der Waals surface area contributed by atoms with Crippen LogP contribution in [-0.2, 0) is 27.0 Å². The van der Waals surface area contributed by atoms with Crippen LogP contribution in [0.3, 0.4) is 0 Å². The average molecular weight is 479 g/mol. The Morgan fingerprint density at radius 1 is 1.03 bits per heavy atom. The van der Waals surface area contributed by atoms with Gasteiger partial charge in [-0.05, 0) is 35.6 Å². The number of amides is 1. The Morgan fingerprint density at radius 2 is 1.77 bits per heavy atom. The Balaban J connectivity index is 1.64. The van der Waals surface area contributed by atoms with Crippen molar-refractivity contribution < 1.29 is 17.6 Å². The summed E-state index contributed by atoms with van der Waals surface area (Å²) < 4.78 is 41.9. The van der Waals surface area contributed by atoms with Crippen LogP contribution in [0.25, 0.3) is 0 Å². The molecule has 3 aromatic rings. The molecule has 0 aliphatic carbocycles. The summed E-state index contributed by atoms with van der Waals surface area (Å²) in [6.45, 7) is 0.404. The third kappa shape index (κ3) is 7.17. The van der Waals surface area contributed by atoms with E-state index < -0.39 is 32.7 Å². The van der Waals surface area contributed by atoms with Gasteiger partial charge in [0.15, 0.2) is 0 Å². The molecule has 0 saturated carbocycles. The van der Waals surface area contributed by atoms with Crippen LogP contribution in [0, 0.1) is 5.82 Å². The molecule has 1 aromatic heterocycles. The number of carbonyl (C=O) groups excluding carboxylic acids is 1. The van der Waals surface area contributed by atoms with Crippen LogP contribution in [0.2, 0.25) is 0 Å². The summed E-state index contributed by atoms with van der Waals surface area (Å²) in [5.41, 5.74) is 0.797. The zero-order valence-corrected chi connectivity index (χ0v) is 19.1. The first kappa shape index (κ1) is 23.5. The second kappa shape index (κ2) is 11.4. The van der Waals surface area contributed by atoms with Gasteiger partial charge in [-0.15, -0.1) is 11.3 Å². The van der Waals surface area contributed by atoms with Crippen LogP contribution in [-0.4, -0.2) is 32.7 Å². The van der Waals surface area contributed by atoms with Gasteiger partial charge in [-0.25, -0.2) is 12.8 Å². The van der Waals surface area contributed by atoms with E-state index in [4.69, 9.17) is 0 Å². The van der Waals surface area contributed by atoms with Gasteiger partial charge < -0.3 is 5.32 Å². The molecular weight excluding hydrogens is 455 g/mol. The van der Waals surface area contributed by atoms with Crippen LogP contribution >= 0.6 is 23.1 Å². The normalized spacial score (nSPS) is 12.4. The molecule has 1 unspecified atom stereocenters. The largest absolute Gasteiger partial charge is 0.354 e. The van der Waals surface area contributed by atoms with Crippen molar-refractivity contribution in [1.82, 2.24) is 10.0 Å². The number of benzene rings is 2. The number of carbonyl (C=O) groups is 1. The number of thioether (sulfide) groups is 1. The summed E-state index contributed by atoms with van der Waals surface area (Å²) in [6, 6.07) is 17.2. The highest BCUT2D eigenvalue weighted by molar-refractivity contribution is 7.98.